The summed E-state index contributed by atoms with van der Waals surface area (Å²) in [6, 6.07) is 8.42. The summed E-state index contributed by atoms with van der Waals surface area (Å²) in [5.74, 6) is 0.869. The highest BCUT2D eigenvalue weighted by atomic mass is 127. The van der Waals surface area contributed by atoms with Crippen molar-refractivity contribution in [2.75, 3.05) is 24.5 Å². The van der Waals surface area contributed by atoms with Crippen LogP contribution in [0.4, 0.5) is 5.69 Å². The van der Waals surface area contributed by atoms with Crippen LogP contribution >= 0.6 is 46.9 Å². The van der Waals surface area contributed by atoms with Crippen LogP contribution in [0.5, 0.6) is 0 Å². The summed E-state index contributed by atoms with van der Waals surface area (Å²) in [5, 5.41) is 7.68. The quantitative estimate of drug-likeness (QED) is 0.366. The standard InChI is InChI=1S/C18H24ClN5S.HI/c1-3-20-18(21-10-17-13(2)22-12-25-17)23-15-7-8-24(11-15)16-6-4-5-14(19)9-16;/h4-6,9,12,15H,3,7-8,10-11H2,1-2H3,(H2,20,21,23);1H. The number of aryl methyl sites for hydroxylation is 1. The summed E-state index contributed by atoms with van der Waals surface area (Å²) < 4.78 is 0. The molecule has 1 aromatic heterocycles. The van der Waals surface area contributed by atoms with E-state index in [9.17, 15) is 0 Å². The van der Waals surface area contributed by atoms with Gasteiger partial charge in [0, 0.05) is 41.3 Å². The summed E-state index contributed by atoms with van der Waals surface area (Å²) >= 11 is 7.77. The minimum Gasteiger partial charge on any atom is -0.369 e. The molecule has 0 bridgehead atoms. The van der Waals surface area contributed by atoms with Crippen LogP contribution in [-0.4, -0.2) is 36.6 Å². The minimum absolute atomic E-state index is 0. The lowest BCUT2D eigenvalue weighted by atomic mass is 10.2. The van der Waals surface area contributed by atoms with Gasteiger partial charge in [-0.3, -0.25) is 0 Å². The Bertz CT molecular complexity index is 736. The average molecular weight is 506 g/mol. The molecule has 0 saturated carbocycles. The fourth-order valence-corrected chi connectivity index (χ4v) is 3.81. The van der Waals surface area contributed by atoms with E-state index in [1.807, 2.05) is 30.6 Å². The number of aromatic nitrogens is 1. The van der Waals surface area contributed by atoms with Crippen LogP contribution < -0.4 is 15.5 Å². The van der Waals surface area contributed by atoms with E-state index in [2.05, 4.69) is 33.5 Å². The van der Waals surface area contributed by atoms with Gasteiger partial charge in [0.1, 0.15) is 0 Å². The van der Waals surface area contributed by atoms with Crippen molar-refractivity contribution in [2.24, 2.45) is 4.99 Å². The Morgan fingerprint density at radius 2 is 2.31 bits per heavy atom. The van der Waals surface area contributed by atoms with E-state index in [1.54, 1.807) is 11.3 Å². The van der Waals surface area contributed by atoms with E-state index >= 15 is 0 Å². The smallest absolute Gasteiger partial charge is 0.191 e. The lowest BCUT2D eigenvalue weighted by Crippen LogP contribution is -2.44. The number of rotatable bonds is 5. The number of guanidine groups is 1. The molecule has 1 aliphatic heterocycles. The van der Waals surface area contributed by atoms with Gasteiger partial charge in [-0.05, 0) is 38.5 Å². The van der Waals surface area contributed by atoms with Crippen LogP contribution in [0.15, 0.2) is 34.8 Å². The molecule has 1 fully saturated rings. The molecule has 1 saturated heterocycles. The maximum Gasteiger partial charge on any atom is 0.191 e. The Hall–Kier alpha value is -1.06. The molecule has 26 heavy (non-hydrogen) atoms. The number of halogens is 2. The normalized spacial score (nSPS) is 17.1. The highest BCUT2D eigenvalue weighted by Gasteiger charge is 2.23. The van der Waals surface area contributed by atoms with Gasteiger partial charge < -0.3 is 15.5 Å². The van der Waals surface area contributed by atoms with E-state index in [4.69, 9.17) is 16.6 Å². The molecule has 142 valence electrons. The Labute approximate surface area is 181 Å². The van der Waals surface area contributed by atoms with Crippen molar-refractivity contribution in [3.8, 4) is 0 Å². The van der Waals surface area contributed by atoms with Gasteiger partial charge in [-0.1, -0.05) is 17.7 Å². The number of nitrogens with one attached hydrogen (secondary N) is 2. The van der Waals surface area contributed by atoms with E-state index < -0.39 is 0 Å². The molecular weight excluding hydrogens is 481 g/mol. The van der Waals surface area contributed by atoms with E-state index in [0.717, 1.165) is 42.7 Å². The molecule has 1 aliphatic rings. The number of benzene rings is 1. The third-order valence-electron chi connectivity index (χ3n) is 4.27. The molecule has 0 radical (unpaired) electrons. The van der Waals surface area contributed by atoms with Crippen molar-refractivity contribution >= 4 is 58.6 Å². The fourth-order valence-electron chi connectivity index (χ4n) is 2.93. The summed E-state index contributed by atoms with van der Waals surface area (Å²) in [6.07, 6.45) is 1.08. The van der Waals surface area contributed by atoms with Crippen LogP contribution in [0, 0.1) is 6.92 Å². The molecule has 2 N–H and O–H groups in total. The van der Waals surface area contributed by atoms with Gasteiger partial charge in [0.25, 0.3) is 0 Å². The topological polar surface area (TPSA) is 52.6 Å². The van der Waals surface area contributed by atoms with E-state index in [0.29, 0.717) is 12.6 Å². The molecule has 0 aliphatic carbocycles. The third kappa shape index (κ3) is 5.72. The Kier molecular flexibility index (Phi) is 8.43. The number of thiazole rings is 1. The molecule has 0 spiro atoms. The van der Waals surface area contributed by atoms with Gasteiger partial charge in [-0.15, -0.1) is 35.3 Å². The fraction of sp³-hybridized carbons (Fsp3) is 0.444. The van der Waals surface area contributed by atoms with Crippen LogP contribution in [0.2, 0.25) is 5.02 Å². The second-order valence-electron chi connectivity index (χ2n) is 6.11. The number of hydrogen-bond acceptors (Lipinski definition) is 4. The molecule has 8 heteroatoms. The van der Waals surface area contributed by atoms with Gasteiger partial charge >= 0.3 is 0 Å². The van der Waals surface area contributed by atoms with Crippen molar-refractivity contribution in [1.29, 1.82) is 0 Å². The first-order chi connectivity index (χ1) is 12.2. The first-order valence-electron chi connectivity index (χ1n) is 8.60. The Morgan fingerprint density at radius 3 is 3.00 bits per heavy atom. The molecular formula is C18H25ClIN5S. The first-order valence-corrected chi connectivity index (χ1v) is 9.85. The van der Waals surface area contributed by atoms with Crippen molar-refractivity contribution in [1.82, 2.24) is 15.6 Å². The first kappa shape index (κ1) is 21.2. The molecule has 3 rings (SSSR count). The maximum atomic E-state index is 6.11. The molecule has 1 atom stereocenters. The van der Waals surface area contributed by atoms with Gasteiger partial charge in [0.15, 0.2) is 5.96 Å². The third-order valence-corrected chi connectivity index (χ3v) is 5.43. The summed E-state index contributed by atoms with van der Waals surface area (Å²) in [5.41, 5.74) is 4.12. The molecule has 1 unspecified atom stereocenters. The Balaban J connectivity index is 0.00000243. The SMILES string of the molecule is CCNC(=NCc1scnc1C)NC1CCN(c2cccc(Cl)c2)C1.I. The van der Waals surface area contributed by atoms with E-state index in [-0.39, 0.29) is 24.0 Å². The van der Waals surface area contributed by atoms with Gasteiger partial charge in [0.05, 0.1) is 17.7 Å². The Morgan fingerprint density at radius 1 is 1.46 bits per heavy atom. The zero-order valence-electron chi connectivity index (χ0n) is 15.0. The zero-order chi connectivity index (χ0) is 17.6. The predicted molar refractivity (Wildman–Crippen MR) is 122 cm³/mol. The zero-order valence-corrected chi connectivity index (χ0v) is 18.9. The molecule has 2 heterocycles. The van der Waals surface area contributed by atoms with Crippen LogP contribution in [0.3, 0.4) is 0 Å². The highest BCUT2D eigenvalue weighted by molar-refractivity contribution is 14.0. The monoisotopic (exact) mass is 505 g/mol. The molecule has 5 nitrogen and oxygen atoms in total. The van der Waals surface area contributed by atoms with Crippen LogP contribution in [0.25, 0.3) is 0 Å². The average Bonchev–Trinajstić information content (AvgIpc) is 3.22. The van der Waals surface area contributed by atoms with E-state index in [1.165, 1.54) is 10.6 Å². The number of aliphatic imine (C=N–C) groups is 1. The van der Waals surface area contributed by atoms with Crippen molar-refractivity contribution in [2.45, 2.75) is 32.9 Å². The van der Waals surface area contributed by atoms with Crippen LogP contribution in [-0.2, 0) is 6.54 Å². The number of nitrogens with zero attached hydrogens (tertiary/aromatic N) is 3. The summed E-state index contributed by atoms with van der Waals surface area (Å²) in [7, 11) is 0. The van der Waals surface area contributed by atoms with Crippen molar-refractivity contribution < 1.29 is 0 Å². The predicted octanol–water partition coefficient (Wildman–Crippen LogP) is 4.06. The van der Waals surface area contributed by atoms with Crippen molar-refractivity contribution in [3.05, 3.63) is 45.4 Å². The second kappa shape index (κ2) is 10.3. The molecule has 2 aromatic rings. The maximum absolute atomic E-state index is 6.11. The molecule has 0 amide bonds. The number of hydrogen-bond donors (Lipinski definition) is 2. The lowest BCUT2D eigenvalue weighted by molar-refractivity contribution is 0.649. The summed E-state index contributed by atoms with van der Waals surface area (Å²) in [4.78, 5) is 12.6. The largest absolute Gasteiger partial charge is 0.369 e. The minimum atomic E-state index is 0. The van der Waals surface area contributed by atoms with Crippen molar-refractivity contribution in [3.63, 3.8) is 0 Å². The molecule has 1 aromatic carbocycles. The van der Waals surface area contributed by atoms with Gasteiger partial charge in [0.2, 0.25) is 0 Å². The highest BCUT2D eigenvalue weighted by Crippen LogP contribution is 2.23. The number of anilines is 1. The second-order valence-corrected chi connectivity index (χ2v) is 7.49. The van der Waals surface area contributed by atoms with Crippen LogP contribution in [0.1, 0.15) is 23.9 Å². The van der Waals surface area contributed by atoms with Gasteiger partial charge in [-0.25, -0.2) is 9.98 Å². The lowest BCUT2D eigenvalue weighted by Gasteiger charge is -2.20. The summed E-state index contributed by atoms with van der Waals surface area (Å²) in [6.45, 7) is 7.59. The van der Waals surface area contributed by atoms with Gasteiger partial charge in [-0.2, -0.15) is 0 Å².